The van der Waals surface area contributed by atoms with Crippen LogP contribution in [0.25, 0.3) is 0 Å². The van der Waals surface area contributed by atoms with Crippen LogP contribution in [0.3, 0.4) is 0 Å². The highest BCUT2D eigenvalue weighted by Crippen LogP contribution is 2.14. The Balaban J connectivity index is 2.90. The Hall–Kier alpha value is -1.72. The number of aromatic carboxylic acids is 1. The van der Waals surface area contributed by atoms with Gasteiger partial charge in [-0.3, -0.25) is 0 Å². The Morgan fingerprint density at radius 2 is 2.25 bits per heavy atom. The molecular formula is C10H11F2NO3. The number of hydrogen-bond acceptors (Lipinski definition) is 3. The number of rotatable bonds is 5. The molecule has 6 heteroatoms. The summed E-state index contributed by atoms with van der Waals surface area (Å²) in [7, 11) is 0. The highest BCUT2D eigenvalue weighted by Gasteiger charge is 2.10. The Morgan fingerprint density at radius 1 is 1.56 bits per heavy atom. The van der Waals surface area contributed by atoms with Gasteiger partial charge < -0.3 is 9.84 Å². The van der Waals surface area contributed by atoms with Crippen LogP contribution in [0.1, 0.15) is 23.0 Å². The van der Waals surface area contributed by atoms with E-state index in [1.54, 1.807) is 6.92 Å². The van der Waals surface area contributed by atoms with Gasteiger partial charge in [0.15, 0.2) is 6.61 Å². The Labute approximate surface area is 90.9 Å². The van der Waals surface area contributed by atoms with Crippen LogP contribution in [0.4, 0.5) is 8.78 Å². The first kappa shape index (κ1) is 12.4. The number of carboxylic acid groups (broad SMARTS) is 1. The molecule has 0 aliphatic heterocycles. The highest BCUT2D eigenvalue weighted by atomic mass is 19.3. The van der Waals surface area contributed by atoms with Crippen molar-refractivity contribution in [3.05, 3.63) is 23.4 Å². The van der Waals surface area contributed by atoms with Crippen LogP contribution in [0, 0.1) is 0 Å². The van der Waals surface area contributed by atoms with Gasteiger partial charge in [-0.25, -0.2) is 18.6 Å². The summed E-state index contributed by atoms with van der Waals surface area (Å²) in [6.07, 6.45) is -2.10. The van der Waals surface area contributed by atoms with Gasteiger partial charge in [-0.05, 0) is 12.5 Å². The number of aromatic nitrogens is 1. The smallest absolute Gasteiger partial charge is 0.335 e. The summed E-state index contributed by atoms with van der Waals surface area (Å²) in [5.41, 5.74) is 0.472. The van der Waals surface area contributed by atoms with Gasteiger partial charge in [0.25, 0.3) is 6.43 Å². The van der Waals surface area contributed by atoms with Crippen LogP contribution >= 0.6 is 0 Å². The van der Waals surface area contributed by atoms with Gasteiger partial charge in [-0.2, -0.15) is 0 Å². The molecule has 0 saturated heterocycles. The van der Waals surface area contributed by atoms with E-state index in [4.69, 9.17) is 5.11 Å². The third-order valence-corrected chi connectivity index (χ3v) is 1.82. The first-order valence-corrected chi connectivity index (χ1v) is 4.68. The molecule has 1 aromatic rings. The molecule has 0 bridgehead atoms. The third kappa shape index (κ3) is 3.45. The maximum Gasteiger partial charge on any atom is 0.335 e. The monoisotopic (exact) mass is 231 g/mol. The van der Waals surface area contributed by atoms with Gasteiger partial charge in [0.2, 0.25) is 5.88 Å². The molecule has 1 heterocycles. The van der Waals surface area contributed by atoms with E-state index in [0.29, 0.717) is 12.1 Å². The lowest BCUT2D eigenvalue weighted by Crippen LogP contribution is -2.10. The molecule has 1 aromatic heterocycles. The summed E-state index contributed by atoms with van der Waals surface area (Å²) in [5, 5.41) is 8.78. The molecule has 0 saturated carbocycles. The molecule has 0 radical (unpaired) electrons. The van der Waals surface area contributed by atoms with Crippen LogP contribution in [0.15, 0.2) is 12.1 Å². The average Bonchev–Trinajstić information content (AvgIpc) is 2.25. The van der Waals surface area contributed by atoms with Crippen LogP contribution < -0.4 is 4.74 Å². The molecule has 0 aliphatic rings. The van der Waals surface area contributed by atoms with Gasteiger partial charge in [0.05, 0.1) is 5.56 Å². The van der Waals surface area contributed by atoms with Crippen molar-refractivity contribution in [2.75, 3.05) is 6.61 Å². The summed E-state index contributed by atoms with van der Waals surface area (Å²) in [4.78, 5) is 14.6. The standard InChI is InChI=1S/C10H11F2NO3/c1-2-7-3-6(10(14)15)4-9(13-7)16-5-8(11)12/h3-4,8H,2,5H2,1H3,(H,14,15). The third-order valence-electron chi connectivity index (χ3n) is 1.82. The zero-order valence-electron chi connectivity index (χ0n) is 8.61. The predicted molar refractivity (Wildman–Crippen MR) is 52.1 cm³/mol. The minimum atomic E-state index is -2.61. The second-order valence-corrected chi connectivity index (χ2v) is 3.05. The first-order valence-electron chi connectivity index (χ1n) is 4.68. The van der Waals surface area contributed by atoms with E-state index in [1.165, 1.54) is 6.07 Å². The van der Waals surface area contributed by atoms with Crippen LogP contribution in [-0.2, 0) is 6.42 Å². The molecule has 16 heavy (non-hydrogen) atoms. The molecular weight excluding hydrogens is 220 g/mol. The van der Waals surface area contributed by atoms with Crippen molar-refractivity contribution in [1.82, 2.24) is 4.98 Å². The first-order chi connectivity index (χ1) is 7.52. The van der Waals surface area contributed by atoms with Crippen molar-refractivity contribution < 1.29 is 23.4 Å². The fourth-order valence-corrected chi connectivity index (χ4v) is 1.09. The normalized spacial score (nSPS) is 10.5. The minimum Gasteiger partial charge on any atom is -0.478 e. The second kappa shape index (κ2) is 5.39. The minimum absolute atomic E-state index is 0.0175. The SMILES string of the molecule is CCc1cc(C(=O)O)cc(OCC(F)F)n1. The lowest BCUT2D eigenvalue weighted by atomic mass is 10.2. The number of carboxylic acids is 1. The van der Waals surface area contributed by atoms with Gasteiger partial charge in [0.1, 0.15) is 0 Å². The summed E-state index contributed by atoms with van der Waals surface area (Å²) in [5.74, 6) is -1.23. The molecule has 1 rings (SSSR count). The van der Waals surface area contributed by atoms with Crippen LogP contribution in [0.2, 0.25) is 0 Å². The van der Waals surface area contributed by atoms with E-state index in [9.17, 15) is 13.6 Å². The zero-order valence-corrected chi connectivity index (χ0v) is 8.61. The van der Waals surface area contributed by atoms with Crippen LogP contribution in [0.5, 0.6) is 5.88 Å². The Kier molecular flexibility index (Phi) is 4.16. The summed E-state index contributed by atoms with van der Waals surface area (Å²) in [6, 6.07) is 2.52. The number of pyridine rings is 1. The molecule has 88 valence electrons. The number of aryl methyl sites for hydroxylation is 1. The Morgan fingerprint density at radius 3 is 2.75 bits per heavy atom. The second-order valence-electron chi connectivity index (χ2n) is 3.05. The summed E-state index contributed by atoms with van der Waals surface area (Å²) >= 11 is 0. The molecule has 0 spiro atoms. The number of ether oxygens (including phenoxy) is 1. The molecule has 0 unspecified atom stereocenters. The molecule has 0 atom stereocenters. The molecule has 0 fully saturated rings. The predicted octanol–water partition coefficient (Wildman–Crippen LogP) is 1.99. The Bertz CT molecular complexity index is 382. The fraction of sp³-hybridized carbons (Fsp3) is 0.400. The topological polar surface area (TPSA) is 59.4 Å². The van der Waals surface area contributed by atoms with Crippen molar-refractivity contribution in [3.63, 3.8) is 0 Å². The van der Waals surface area contributed by atoms with Crippen molar-refractivity contribution in [2.24, 2.45) is 0 Å². The van der Waals surface area contributed by atoms with E-state index in [-0.39, 0.29) is 11.4 Å². The molecule has 0 aromatic carbocycles. The van der Waals surface area contributed by atoms with E-state index < -0.39 is 19.0 Å². The van der Waals surface area contributed by atoms with Gasteiger partial charge in [0, 0.05) is 11.8 Å². The van der Waals surface area contributed by atoms with E-state index in [0.717, 1.165) is 6.07 Å². The molecule has 4 nitrogen and oxygen atoms in total. The number of nitrogens with zero attached hydrogens (tertiary/aromatic N) is 1. The quantitative estimate of drug-likeness (QED) is 0.841. The lowest BCUT2D eigenvalue weighted by molar-refractivity contribution is 0.0693. The molecule has 0 aliphatic carbocycles. The fourth-order valence-electron chi connectivity index (χ4n) is 1.09. The molecule has 0 amide bonds. The van der Waals surface area contributed by atoms with Crippen molar-refractivity contribution in [1.29, 1.82) is 0 Å². The van der Waals surface area contributed by atoms with Gasteiger partial charge in [-0.1, -0.05) is 6.92 Å². The van der Waals surface area contributed by atoms with E-state index in [2.05, 4.69) is 9.72 Å². The van der Waals surface area contributed by atoms with Gasteiger partial charge in [-0.15, -0.1) is 0 Å². The molecule has 1 N–H and O–H groups in total. The summed E-state index contributed by atoms with van der Waals surface area (Å²) < 4.78 is 28.5. The largest absolute Gasteiger partial charge is 0.478 e. The van der Waals surface area contributed by atoms with E-state index >= 15 is 0 Å². The highest BCUT2D eigenvalue weighted by molar-refractivity contribution is 5.88. The van der Waals surface area contributed by atoms with E-state index in [1.807, 2.05) is 0 Å². The lowest BCUT2D eigenvalue weighted by Gasteiger charge is -2.07. The van der Waals surface area contributed by atoms with Crippen molar-refractivity contribution in [2.45, 2.75) is 19.8 Å². The average molecular weight is 231 g/mol. The van der Waals surface area contributed by atoms with Crippen molar-refractivity contribution in [3.8, 4) is 5.88 Å². The maximum absolute atomic E-state index is 11.9. The number of carbonyl (C=O) groups is 1. The number of alkyl halides is 2. The zero-order chi connectivity index (χ0) is 12.1. The number of halogens is 2. The van der Waals surface area contributed by atoms with Crippen molar-refractivity contribution >= 4 is 5.97 Å². The maximum atomic E-state index is 11.9. The summed E-state index contributed by atoms with van der Waals surface area (Å²) in [6.45, 7) is 0.990. The number of hydrogen-bond donors (Lipinski definition) is 1. The van der Waals surface area contributed by atoms with Gasteiger partial charge >= 0.3 is 5.97 Å². The van der Waals surface area contributed by atoms with Crippen LogP contribution in [-0.4, -0.2) is 29.1 Å².